The third kappa shape index (κ3) is 4.10. The van der Waals surface area contributed by atoms with Crippen molar-refractivity contribution in [3.05, 3.63) is 24.0 Å². The number of hydrogen-bond donors (Lipinski definition) is 0. The summed E-state index contributed by atoms with van der Waals surface area (Å²) in [5.41, 5.74) is 1.52. The number of carbonyl (C=O) groups is 2. The summed E-state index contributed by atoms with van der Waals surface area (Å²) >= 11 is 0. The highest BCUT2D eigenvalue weighted by Crippen LogP contribution is 2.18. The summed E-state index contributed by atoms with van der Waals surface area (Å²) < 4.78 is 0. The van der Waals surface area contributed by atoms with Crippen molar-refractivity contribution in [1.29, 1.82) is 0 Å². The van der Waals surface area contributed by atoms with Crippen LogP contribution in [0.25, 0.3) is 0 Å². The van der Waals surface area contributed by atoms with Gasteiger partial charge in [0.2, 0.25) is 5.91 Å². The Hall–Kier alpha value is -2.15. The summed E-state index contributed by atoms with van der Waals surface area (Å²) in [5.74, 6) is 0.136. The van der Waals surface area contributed by atoms with E-state index >= 15 is 0 Å². The first-order valence-electron chi connectivity index (χ1n) is 9.06. The van der Waals surface area contributed by atoms with Gasteiger partial charge in [0.15, 0.2) is 0 Å². The zero-order chi connectivity index (χ0) is 17.8. The van der Waals surface area contributed by atoms with E-state index in [-0.39, 0.29) is 11.8 Å². The molecule has 0 bridgehead atoms. The lowest BCUT2D eigenvalue weighted by atomic mass is 10.2. The first-order chi connectivity index (χ1) is 12.1. The Labute approximate surface area is 149 Å². The minimum absolute atomic E-state index is 0.0139. The van der Waals surface area contributed by atoms with E-state index in [2.05, 4.69) is 21.7 Å². The van der Waals surface area contributed by atoms with Crippen molar-refractivity contribution in [1.82, 2.24) is 19.7 Å². The highest BCUT2D eigenvalue weighted by atomic mass is 16.2. The van der Waals surface area contributed by atoms with Crippen LogP contribution in [0.5, 0.6) is 0 Å². The molecule has 3 heterocycles. The largest absolute Gasteiger partial charge is 0.368 e. The van der Waals surface area contributed by atoms with Gasteiger partial charge in [0.1, 0.15) is 5.69 Å². The van der Waals surface area contributed by atoms with Gasteiger partial charge in [-0.1, -0.05) is 6.92 Å². The van der Waals surface area contributed by atoms with Crippen LogP contribution in [-0.2, 0) is 4.79 Å². The number of carbonyl (C=O) groups excluding carboxylic acids is 2. The van der Waals surface area contributed by atoms with E-state index in [4.69, 9.17) is 0 Å². The molecule has 0 aromatic carbocycles. The van der Waals surface area contributed by atoms with Crippen molar-refractivity contribution < 1.29 is 9.59 Å². The smallest absolute Gasteiger partial charge is 0.272 e. The van der Waals surface area contributed by atoms with Crippen molar-refractivity contribution in [2.24, 2.45) is 0 Å². The first kappa shape index (κ1) is 17.7. The Bertz CT molecular complexity index is 620. The molecule has 3 rings (SSSR count). The van der Waals surface area contributed by atoms with Crippen LogP contribution in [-0.4, -0.2) is 90.4 Å². The van der Waals surface area contributed by atoms with Crippen LogP contribution < -0.4 is 4.90 Å². The Morgan fingerprint density at radius 2 is 1.64 bits per heavy atom. The summed E-state index contributed by atoms with van der Waals surface area (Å²) in [6, 6.07) is 3.83. The van der Waals surface area contributed by atoms with Gasteiger partial charge in [0, 0.05) is 71.2 Å². The lowest BCUT2D eigenvalue weighted by Gasteiger charge is -2.36. The lowest BCUT2D eigenvalue weighted by Crippen LogP contribution is -2.49. The molecule has 1 aromatic rings. The number of aromatic nitrogens is 1. The number of hydrogen-bond acceptors (Lipinski definition) is 5. The number of rotatable bonds is 3. The zero-order valence-corrected chi connectivity index (χ0v) is 15.1. The van der Waals surface area contributed by atoms with Crippen molar-refractivity contribution in [3.63, 3.8) is 0 Å². The molecule has 1 aromatic heterocycles. The van der Waals surface area contributed by atoms with Gasteiger partial charge < -0.3 is 19.6 Å². The topological polar surface area (TPSA) is 60.0 Å². The average Bonchev–Trinajstić information content (AvgIpc) is 2.67. The van der Waals surface area contributed by atoms with Gasteiger partial charge in [-0.15, -0.1) is 0 Å². The molecule has 0 spiro atoms. The predicted molar refractivity (Wildman–Crippen MR) is 96.7 cm³/mol. The maximum absolute atomic E-state index is 12.7. The molecule has 2 amide bonds. The Balaban J connectivity index is 1.64. The van der Waals surface area contributed by atoms with Gasteiger partial charge in [0.05, 0.1) is 0 Å². The van der Waals surface area contributed by atoms with Crippen LogP contribution in [0.3, 0.4) is 0 Å². The summed E-state index contributed by atoms with van der Waals surface area (Å²) in [6.45, 7) is 11.2. The second-order valence-electron chi connectivity index (χ2n) is 6.62. The maximum atomic E-state index is 12.7. The van der Waals surface area contributed by atoms with E-state index in [0.717, 1.165) is 64.6 Å². The van der Waals surface area contributed by atoms with Crippen LogP contribution in [0.1, 0.15) is 24.3 Å². The molecule has 0 N–H and O–H groups in total. The first-order valence-corrected chi connectivity index (χ1v) is 9.06. The van der Waals surface area contributed by atoms with E-state index in [1.54, 1.807) is 13.1 Å². The molecule has 25 heavy (non-hydrogen) atoms. The van der Waals surface area contributed by atoms with Crippen LogP contribution in [0.15, 0.2) is 18.3 Å². The molecule has 0 aliphatic carbocycles. The second-order valence-corrected chi connectivity index (χ2v) is 6.62. The van der Waals surface area contributed by atoms with Crippen molar-refractivity contribution in [2.45, 2.75) is 13.8 Å². The minimum Gasteiger partial charge on any atom is -0.368 e. The molecular weight excluding hydrogens is 318 g/mol. The normalized spacial score (nSPS) is 19.2. The van der Waals surface area contributed by atoms with Crippen molar-refractivity contribution >= 4 is 17.5 Å². The van der Waals surface area contributed by atoms with E-state index < -0.39 is 0 Å². The third-order valence-corrected chi connectivity index (χ3v) is 5.16. The Kier molecular flexibility index (Phi) is 5.53. The fourth-order valence-electron chi connectivity index (χ4n) is 3.44. The predicted octanol–water partition coefficient (Wildman–Crippen LogP) is 0.528. The van der Waals surface area contributed by atoms with Gasteiger partial charge in [0.25, 0.3) is 5.91 Å². The van der Waals surface area contributed by atoms with Gasteiger partial charge in [-0.2, -0.15) is 0 Å². The van der Waals surface area contributed by atoms with E-state index in [1.165, 1.54) is 0 Å². The summed E-state index contributed by atoms with van der Waals surface area (Å²) in [6.07, 6.45) is 1.71. The van der Waals surface area contributed by atoms with Gasteiger partial charge >= 0.3 is 0 Å². The van der Waals surface area contributed by atoms with Crippen LogP contribution in [0, 0.1) is 0 Å². The SMILES string of the molecule is CCN1CCN(C(=O)c2cc(N3CCN(C(C)=O)CC3)ccn2)CC1. The molecule has 0 saturated carbocycles. The van der Waals surface area contributed by atoms with E-state index in [9.17, 15) is 9.59 Å². The zero-order valence-electron chi connectivity index (χ0n) is 15.1. The van der Waals surface area contributed by atoms with Crippen molar-refractivity contribution in [3.8, 4) is 0 Å². The number of amides is 2. The molecule has 2 aliphatic heterocycles. The van der Waals surface area contributed by atoms with E-state index in [0.29, 0.717) is 5.69 Å². The highest BCUT2D eigenvalue weighted by Gasteiger charge is 2.24. The van der Waals surface area contributed by atoms with E-state index in [1.807, 2.05) is 21.9 Å². The van der Waals surface area contributed by atoms with Crippen LogP contribution in [0.2, 0.25) is 0 Å². The highest BCUT2D eigenvalue weighted by molar-refractivity contribution is 5.93. The molecule has 136 valence electrons. The lowest BCUT2D eigenvalue weighted by molar-refractivity contribution is -0.129. The fourth-order valence-corrected chi connectivity index (χ4v) is 3.44. The quantitative estimate of drug-likeness (QED) is 0.800. The maximum Gasteiger partial charge on any atom is 0.272 e. The number of nitrogens with zero attached hydrogens (tertiary/aromatic N) is 5. The number of piperazine rings is 2. The number of anilines is 1. The van der Waals surface area contributed by atoms with Gasteiger partial charge in [-0.25, -0.2) is 0 Å². The van der Waals surface area contributed by atoms with Gasteiger partial charge in [-0.3, -0.25) is 14.6 Å². The summed E-state index contributed by atoms with van der Waals surface area (Å²) in [4.78, 5) is 36.8. The summed E-state index contributed by atoms with van der Waals surface area (Å²) in [7, 11) is 0. The molecule has 0 unspecified atom stereocenters. The second kappa shape index (κ2) is 7.82. The molecule has 2 fully saturated rings. The average molecular weight is 345 g/mol. The molecule has 7 nitrogen and oxygen atoms in total. The Morgan fingerprint density at radius 1 is 1.00 bits per heavy atom. The standard InChI is InChI=1S/C18H27N5O2/c1-3-20-6-8-23(9-7-20)18(25)17-14-16(4-5-19-17)22-12-10-21(11-13-22)15(2)24/h4-5,14H,3,6-13H2,1-2H3. The van der Waals surface area contributed by atoms with Gasteiger partial charge in [-0.05, 0) is 18.7 Å². The molecular formula is C18H27N5O2. The van der Waals surface area contributed by atoms with Crippen LogP contribution in [0.4, 0.5) is 5.69 Å². The number of likely N-dealkylation sites (N-methyl/N-ethyl adjacent to an activating group) is 1. The summed E-state index contributed by atoms with van der Waals surface area (Å²) in [5, 5.41) is 0. The third-order valence-electron chi connectivity index (χ3n) is 5.16. The molecule has 0 atom stereocenters. The van der Waals surface area contributed by atoms with Crippen molar-refractivity contribution in [2.75, 3.05) is 63.8 Å². The monoisotopic (exact) mass is 345 g/mol. The number of pyridine rings is 1. The fraction of sp³-hybridized carbons (Fsp3) is 0.611. The molecule has 7 heteroatoms. The molecule has 2 saturated heterocycles. The van der Waals surface area contributed by atoms with Crippen LogP contribution >= 0.6 is 0 Å². The molecule has 2 aliphatic rings. The Morgan fingerprint density at radius 3 is 2.24 bits per heavy atom. The minimum atomic E-state index is 0.0139. The molecule has 0 radical (unpaired) electrons.